The van der Waals surface area contributed by atoms with Gasteiger partial charge in [0.15, 0.2) is 6.10 Å². The van der Waals surface area contributed by atoms with Crippen LogP contribution in [0, 0.1) is 86.3 Å². The zero-order chi connectivity index (χ0) is 41.6. The van der Waals surface area contributed by atoms with Crippen molar-refractivity contribution in [2.75, 3.05) is 39.5 Å². The van der Waals surface area contributed by atoms with Crippen molar-refractivity contribution in [3.05, 3.63) is 40.5 Å². The first-order valence-corrected chi connectivity index (χ1v) is 20.0. The SMILES string of the molecule is C[C@H](CCC(=O)NCCC[N+](C)(C)CC(CSOOO)O[N+](=O)[O-])[C@H]1CC[C@H]2[C@@]3(C)[C@H](C[C@H](O[N+](=O)[O-])[C@@]21C)[C@@]1(C)CC[C@@H](O[N+](=O)[O-])C[C@H]1C[C@H]3O[N+](=O)[O-]. The van der Waals surface area contributed by atoms with Gasteiger partial charge in [0, 0.05) is 42.3 Å². The summed E-state index contributed by atoms with van der Waals surface area (Å²) in [5, 5.41) is 57.7. The van der Waals surface area contributed by atoms with E-state index in [1.165, 1.54) is 0 Å². The number of fused-ring (bicyclic) bond motifs is 5. The van der Waals surface area contributed by atoms with Crippen LogP contribution in [0.25, 0.3) is 0 Å². The summed E-state index contributed by atoms with van der Waals surface area (Å²) in [5.74, 6) is -1.04. The molecule has 22 nitrogen and oxygen atoms in total. The molecule has 0 bridgehead atoms. The van der Waals surface area contributed by atoms with Crippen molar-refractivity contribution >= 4 is 17.9 Å². The Morgan fingerprint density at radius 2 is 1.54 bits per heavy atom. The summed E-state index contributed by atoms with van der Waals surface area (Å²) in [6.07, 6.45) is 1.27. The van der Waals surface area contributed by atoms with Crippen LogP contribution < -0.4 is 5.32 Å². The van der Waals surface area contributed by atoms with Crippen LogP contribution in [-0.4, -0.2) is 99.9 Å². The first-order valence-electron chi connectivity index (χ1n) is 19.1. The molecule has 2 N–H and O–H groups in total. The van der Waals surface area contributed by atoms with Crippen molar-refractivity contribution in [2.45, 2.75) is 116 Å². The molecule has 23 heteroatoms. The van der Waals surface area contributed by atoms with E-state index in [9.17, 15) is 45.3 Å². The van der Waals surface area contributed by atoms with Crippen molar-refractivity contribution in [3.63, 3.8) is 0 Å². The molecule has 1 amide bonds. The third kappa shape index (κ3) is 10.1. The van der Waals surface area contributed by atoms with E-state index in [-0.39, 0.29) is 60.6 Å². The van der Waals surface area contributed by atoms with Crippen LogP contribution >= 0.6 is 12.0 Å². The van der Waals surface area contributed by atoms with Gasteiger partial charge in [-0.1, -0.05) is 32.7 Å². The van der Waals surface area contributed by atoms with E-state index >= 15 is 0 Å². The highest BCUT2D eigenvalue weighted by Crippen LogP contribution is 2.74. The maximum atomic E-state index is 13.0. The van der Waals surface area contributed by atoms with Crippen LogP contribution in [0.1, 0.15) is 91.9 Å². The zero-order valence-corrected chi connectivity index (χ0v) is 33.6. The van der Waals surface area contributed by atoms with Gasteiger partial charge in [-0.2, -0.15) is 0 Å². The summed E-state index contributed by atoms with van der Waals surface area (Å²) in [4.78, 5) is 80.0. The first kappa shape index (κ1) is 45.2. The van der Waals surface area contributed by atoms with Gasteiger partial charge in [0.1, 0.15) is 24.9 Å². The predicted molar refractivity (Wildman–Crippen MR) is 193 cm³/mol. The molecule has 4 fully saturated rings. The fraction of sp³-hybridized carbons (Fsp3) is 0.970. The van der Waals surface area contributed by atoms with Gasteiger partial charge in [-0.25, -0.2) is 5.26 Å². The fourth-order valence-corrected chi connectivity index (χ4v) is 12.2. The Hall–Kier alpha value is -3.54. The van der Waals surface area contributed by atoms with Crippen molar-refractivity contribution < 1.29 is 63.6 Å². The summed E-state index contributed by atoms with van der Waals surface area (Å²) < 4.78 is 4.66. The molecule has 12 atom stereocenters. The number of hydrogen-bond acceptors (Lipinski definition) is 17. The van der Waals surface area contributed by atoms with E-state index in [0.29, 0.717) is 81.0 Å². The average molecular weight is 826 g/mol. The van der Waals surface area contributed by atoms with Gasteiger partial charge in [0.05, 0.1) is 26.4 Å². The maximum Gasteiger partial charge on any atom is 0.295 e. The zero-order valence-electron chi connectivity index (χ0n) is 32.8. The number of nitrogens with zero attached hydrogens (tertiary/aromatic N) is 5. The normalized spacial score (nSPS) is 34.7. The van der Waals surface area contributed by atoms with E-state index in [0.717, 1.165) is 0 Å². The Bertz CT molecular complexity index is 1430. The lowest BCUT2D eigenvalue weighted by Gasteiger charge is -2.68. The van der Waals surface area contributed by atoms with Gasteiger partial charge in [-0.3, -0.25) is 4.79 Å². The second-order valence-corrected chi connectivity index (χ2v) is 18.2. The van der Waals surface area contributed by atoms with E-state index in [4.69, 9.17) is 24.6 Å². The van der Waals surface area contributed by atoms with Crippen LogP contribution in [0.4, 0.5) is 0 Å². The van der Waals surface area contributed by atoms with Crippen molar-refractivity contribution in [1.82, 2.24) is 5.32 Å². The summed E-state index contributed by atoms with van der Waals surface area (Å²) in [6.45, 7) is 9.31. The largest absolute Gasteiger partial charge is 0.356 e. The molecule has 0 spiro atoms. The van der Waals surface area contributed by atoms with Gasteiger partial charge < -0.3 is 29.2 Å². The smallest absolute Gasteiger partial charge is 0.295 e. The Morgan fingerprint density at radius 3 is 2.14 bits per heavy atom. The average Bonchev–Trinajstić information content (AvgIpc) is 3.46. The molecule has 0 heterocycles. The van der Waals surface area contributed by atoms with Gasteiger partial charge in [-0.15, -0.1) is 44.8 Å². The van der Waals surface area contributed by atoms with Crippen LogP contribution in [0.5, 0.6) is 0 Å². The highest BCUT2D eigenvalue weighted by molar-refractivity contribution is 7.94. The molecular weight excluding hydrogens is 768 g/mol. The van der Waals surface area contributed by atoms with Crippen molar-refractivity contribution in [3.8, 4) is 0 Å². The predicted octanol–water partition coefficient (Wildman–Crippen LogP) is 4.63. The van der Waals surface area contributed by atoms with Crippen molar-refractivity contribution in [2.24, 2.45) is 45.8 Å². The van der Waals surface area contributed by atoms with Gasteiger partial charge in [0.2, 0.25) is 5.91 Å². The maximum absolute atomic E-state index is 13.0. The standard InChI is InChI=1S/C33H56N6O16S/c1-21(8-11-30(40)34-14-7-15-39(5,6)19-24(51-36(43)44)20-56-55-54-49)25-9-10-26-32(25,3)29(53-38(47)48)18-27-31(2)13-12-23(50-35(41)42)16-22(31)17-28(33(26,27)4)52-37(45)46/h21-29H,7-20H2,1-6H3,(H-,34,40,49)/p+1/t21-,22+,23-,24?,25-,26-,27-,28-,29+,31+,32-,33+/m1/s1. The molecule has 4 saturated carbocycles. The minimum Gasteiger partial charge on any atom is -0.356 e. The lowest BCUT2D eigenvalue weighted by Crippen LogP contribution is -2.68. The minimum absolute atomic E-state index is 0.0226. The first-order chi connectivity index (χ1) is 26.2. The van der Waals surface area contributed by atoms with Gasteiger partial charge in [-0.05, 0) is 86.4 Å². The molecule has 56 heavy (non-hydrogen) atoms. The molecule has 0 saturated heterocycles. The van der Waals surface area contributed by atoms with Crippen LogP contribution in [0.3, 0.4) is 0 Å². The van der Waals surface area contributed by atoms with Crippen LogP contribution in [0.15, 0.2) is 0 Å². The summed E-state index contributed by atoms with van der Waals surface area (Å²) in [5.41, 5.74) is -2.00. The number of nitrogens with one attached hydrogen (secondary N) is 1. The molecule has 0 aliphatic heterocycles. The molecule has 4 aliphatic carbocycles. The third-order valence-electron chi connectivity index (χ3n) is 14.1. The fourth-order valence-electron chi connectivity index (χ4n) is 11.8. The third-order valence-corrected chi connectivity index (χ3v) is 14.8. The number of hydrogen-bond donors (Lipinski definition) is 2. The Kier molecular flexibility index (Phi) is 14.8. The number of quaternary nitrogens is 1. The molecule has 0 aromatic heterocycles. The lowest BCUT2D eigenvalue weighted by molar-refractivity contribution is -0.902. The Labute approximate surface area is 328 Å². The van der Waals surface area contributed by atoms with Crippen molar-refractivity contribution in [1.29, 1.82) is 0 Å². The summed E-state index contributed by atoms with van der Waals surface area (Å²) in [6, 6.07) is 0. The molecule has 320 valence electrons. The molecule has 4 rings (SSSR count). The van der Waals surface area contributed by atoms with E-state index in [1.807, 2.05) is 34.9 Å². The Morgan fingerprint density at radius 1 is 0.893 bits per heavy atom. The topological polar surface area (TPSA) is 277 Å². The molecule has 1 unspecified atom stereocenters. The Balaban J connectivity index is 1.43. The van der Waals surface area contributed by atoms with Crippen LogP contribution in [-0.2, 0) is 33.5 Å². The molecule has 4 aliphatic rings. The number of carbonyl (C=O) groups excluding carboxylic acids is 1. The van der Waals surface area contributed by atoms with E-state index in [2.05, 4.69) is 21.6 Å². The quantitative estimate of drug-likeness (QED) is 0.0376. The van der Waals surface area contributed by atoms with Crippen LogP contribution in [0.2, 0.25) is 0 Å². The van der Waals surface area contributed by atoms with E-state index in [1.54, 1.807) is 0 Å². The molecule has 0 radical (unpaired) electrons. The second-order valence-electron chi connectivity index (χ2n) is 17.5. The van der Waals surface area contributed by atoms with Gasteiger partial charge in [0.25, 0.3) is 20.3 Å². The highest BCUT2D eigenvalue weighted by atomic mass is 32.2. The number of likely N-dealkylation sites (N-methyl/N-ethyl adjacent to an activating group) is 1. The second kappa shape index (κ2) is 18.4. The monoisotopic (exact) mass is 825 g/mol. The molecule has 0 aromatic carbocycles. The minimum atomic E-state index is -0.891. The number of rotatable bonds is 22. The van der Waals surface area contributed by atoms with Gasteiger partial charge >= 0.3 is 0 Å². The molecule has 0 aromatic rings. The van der Waals surface area contributed by atoms with E-state index < -0.39 is 61.0 Å². The summed E-state index contributed by atoms with van der Waals surface area (Å²) >= 11 is 0.657. The molecular formula is C33H57N6O16S+. The lowest BCUT2D eigenvalue weighted by atomic mass is 9.38. The highest BCUT2D eigenvalue weighted by Gasteiger charge is 2.72. The number of amides is 1. The summed E-state index contributed by atoms with van der Waals surface area (Å²) in [7, 11) is 3.73. The number of carbonyl (C=O) groups is 1.